The first-order chi connectivity index (χ1) is 12.1. The maximum Gasteiger partial charge on any atom is 0.255 e. The van der Waals surface area contributed by atoms with Crippen LogP contribution in [0.3, 0.4) is 0 Å². The first kappa shape index (κ1) is 17.4. The number of hydrogen-bond acceptors (Lipinski definition) is 6. The van der Waals surface area contributed by atoms with E-state index in [1.807, 2.05) is 31.2 Å². The van der Waals surface area contributed by atoms with Crippen molar-refractivity contribution in [1.82, 2.24) is 30.4 Å². The number of thioether (sulfide) groups is 1. The van der Waals surface area contributed by atoms with Gasteiger partial charge in [-0.05, 0) is 28.5 Å². The molecule has 1 aromatic heterocycles. The van der Waals surface area contributed by atoms with Crippen molar-refractivity contribution in [2.75, 3.05) is 12.3 Å². The highest BCUT2D eigenvalue weighted by Crippen LogP contribution is 2.25. The fourth-order valence-electron chi connectivity index (χ4n) is 2.85. The van der Waals surface area contributed by atoms with Crippen molar-refractivity contribution >= 4 is 23.6 Å². The van der Waals surface area contributed by atoms with Gasteiger partial charge in [0, 0.05) is 31.5 Å². The van der Waals surface area contributed by atoms with E-state index >= 15 is 0 Å². The van der Waals surface area contributed by atoms with Crippen LogP contribution in [0.5, 0.6) is 0 Å². The van der Waals surface area contributed by atoms with Gasteiger partial charge in [-0.1, -0.05) is 36.9 Å². The zero-order valence-electron chi connectivity index (χ0n) is 14.2. The lowest BCUT2D eigenvalue weighted by molar-refractivity contribution is -0.125. The summed E-state index contributed by atoms with van der Waals surface area (Å²) in [4.78, 5) is 26.7. The van der Waals surface area contributed by atoms with E-state index in [0.717, 1.165) is 5.56 Å². The van der Waals surface area contributed by atoms with Crippen LogP contribution in [-0.4, -0.2) is 55.3 Å². The Kier molecular flexibility index (Phi) is 5.32. The smallest absolute Gasteiger partial charge is 0.255 e. The second-order valence-electron chi connectivity index (χ2n) is 5.74. The molecule has 0 radical (unpaired) electrons. The van der Waals surface area contributed by atoms with Gasteiger partial charge < -0.3 is 10.2 Å². The molecule has 1 aromatic carbocycles. The molecule has 1 aliphatic rings. The Morgan fingerprint density at radius 1 is 1.40 bits per heavy atom. The molecule has 132 valence electrons. The first-order valence-electron chi connectivity index (χ1n) is 8.13. The molecule has 9 heteroatoms. The van der Waals surface area contributed by atoms with Crippen molar-refractivity contribution in [3.8, 4) is 0 Å². The summed E-state index contributed by atoms with van der Waals surface area (Å²) in [5.41, 5.74) is 1.67. The van der Waals surface area contributed by atoms with Crippen molar-refractivity contribution in [2.45, 2.75) is 31.1 Å². The number of amides is 2. The molecular formula is C16H20N6O2S. The molecule has 0 bridgehead atoms. The zero-order valence-corrected chi connectivity index (χ0v) is 15.0. The minimum absolute atomic E-state index is 0.0721. The van der Waals surface area contributed by atoms with E-state index in [4.69, 9.17) is 0 Å². The Morgan fingerprint density at radius 2 is 2.20 bits per heavy atom. The largest absolute Gasteiger partial charge is 0.353 e. The van der Waals surface area contributed by atoms with Crippen LogP contribution in [0, 0.1) is 0 Å². The molecule has 3 rings (SSSR count). The van der Waals surface area contributed by atoms with Crippen LogP contribution in [-0.2, 0) is 18.4 Å². The Hall–Kier alpha value is -2.42. The van der Waals surface area contributed by atoms with Crippen LogP contribution in [0.25, 0.3) is 0 Å². The highest BCUT2D eigenvalue weighted by atomic mass is 32.2. The summed E-state index contributed by atoms with van der Waals surface area (Å²) in [7, 11) is 1.77. The van der Waals surface area contributed by atoms with E-state index in [1.54, 1.807) is 16.6 Å². The van der Waals surface area contributed by atoms with Crippen molar-refractivity contribution in [3.05, 3.63) is 35.4 Å². The third-order valence-electron chi connectivity index (χ3n) is 4.13. The number of carbonyl (C=O) groups excluding carboxylic acids is 2. The lowest BCUT2D eigenvalue weighted by atomic mass is 10.1. The van der Waals surface area contributed by atoms with Crippen molar-refractivity contribution in [1.29, 1.82) is 0 Å². The van der Waals surface area contributed by atoms with E-state index < -0.39 is 6.04 Å². The normalized spacial score (nSPS) is 14.5. The fraction of sp³-hybridized carbons (Fsp3) is 0.438. The zero-order chi connectivity index (χ0) is 17.8. The number of carbonyl (C=O) groups is 2. The molecule has 1 aliphatic heterocycles. The van der Waals surface area contributed by atoms with Crippen molar-refractivity contribution in [2.24, 2.45) is 7.05 Å². The van der Waals surface area contributed by atoms with Gasteiger partial charge in [0.15, 0.2) is 0 Å². The highest BCUT2D eigenvalue weighted by molar-refractivity contribution is 7.99. The third kappa shape index (κ3) is 3.65. The van der Waals surface area contributed by atoms with Gasteiger partial charge in [-0.25, -0.2) is 4.68 Å². The molecule has 0 saturated heterocycles. The van der Waals surface area contributed by atoms with Gasteiger partial charge in [-0.3, -0.25) is 9.59 Å². The number of hydrogen-bond donors (Lipinski definition) is 1. The van der Waals surface area contributed by atoms with Gasteiger partial charge in [0.25, 0.3) is 5.91 Å². The molecular weight excluding hydrogens is 340 g/mol. The number of nitrogens with zero attached hydrogens (tertiary/aromatic N) is 5. The fourth-order valence-corrected chi connectivity index (χ4v) is 3.56. The van der Waals surface area contributed by atoms with Gasteiger partial charge in [-0.15, -0.1) is 5.10 Å². The van der Waals surface area contributed by atoms with E-state index in [2.05, 4.69) is 20.8 Å². The predicted octanol–water partition coefficient (Wildman–Crippen LogP) is 0.853. The molecule has 1 unspecified atom stereocenters. The van der Waals surface area contributed by atoms with Crippen molar-refractivity contribution in [3.63, 3.8) is 0 Å². The topological polar surface area (TPSA) is 93.0 Å². The second kappa shape index (κ2) is 7.64. The van der Waals surface area contributed by atoms with E-state index in [9.17, 15) is 9.59 Å². The Morgan fingerprint density at radius 3 is 2.88 bits per heavy atom. The molecule has 2 amide bonds. The quantitative estimate of drug-likeness (QED) is 0.581. The summed E-state index contributed by atoms with van der Waals surface area (Å²) in [5, 5.41) is 14.8. The van der Waals surface area contributed by atoms with E-state index in [-0.39, 0.29) is 11.8 Å². The van der Waals surface area contributed by atoms with E-state index in [1.165, 1.54) is 11.8 Å². The SMILES string of the molecule is CCC(C(=O)NCCSc1nnnn1C)N1Cc2ccccc2C1=O. The maximum absolute atomic E-state index is 12.5. The second-order valence-corrected chi connectivity index (χ2v) is 6.80. The lowest BCUT2D eigenvalue weighted by Crippen LogP contribution is -2.47. The molecule has 0 fully saturated rings. The first-order valence-corrected chi connectivity index (χ1v) is 9.12. The van der Waals surface area contributed by atoms with Gasteiger partial charge in [0.05, 0.1) is 0 Å². The summed E-state index contributed by atoms with van der Waals surface area (Å²) in [6.45, 7) is 2.89. The predicted molar refractivity (Wildman–Crippen MR) is 92.9 cm³/mol. The number of tetrazole rings is 1. The average molecular weight is 360 g/mol. The minimum Gasteiger partial charge on any atom is -0.353 e. The van der Waals surface area contributed by atoms with Crippen LogP contribution in [0.4, 0.5) is 0 Å². The number of rotatable bonds is 7. The van der Waals surface area contributed by atoms with Crippen LogP contribution in [0.2, 0.25) is 0 Å². The third-order valence-corrected chi connectivity index (χ3v) is 5.14. The standard InChI is InChI=1S/C16H20N6O2S/c1-3-13(22-10-11-6-4-5-7-12(11)15(22)24)14(23)17-8-9-25-16-18-19-20-21(16)2/h4-7,13H,3,8-10H2,1-2H3,(H,17,23). The minimum atomic E-state index is -0.457. The van der Waals surface area contributed by atoms with Gasteiger partial charge >= 0.3 is 0 Å². The summed E-state index contributed by atoms with van der Waals surface area (Å²) in [5.74, 6) is 0.461. The summed E-state index contributed by atoms with van der Waals surface area (Å²) >= 11 is 1.47. The van der Waals surface area contributed by atoms with Crippen LogP contribution >= 0.6 is 11.8 Å². The summed E-state index contributed by atoms with van der Waals surface area (Å²) in [6.07, 6.45) is 0.575. The molecule has 2 aromatic rings. The number of aromatic nitrogens is 4. The summed E-state index contributed by atoms with van der Waals surface area (Å²) < 4.78 is 1.58. The summed E-state index contributed by atoms with van der Waals surface area (Å²) in [6, 6.07) is 7.05. The highest BCUT2D eigenvalue weighted by Gasteiger charge is 2.34. The molecule has 0 saturated carbocycles. The maximum atomic E-state index is 12.5. The molecule has 1 N–H and O–H groups in total. The number of aryl methyl sites for hydroxylation is 1. The molecule has 1 atom stereocenters. The molecule has 25 heavy (non-hydrogen) atoms. The number of fused-ring (bicyclic) bond motifs is 1. The molecule has 8 nitrogen and oxygen atoms in total. The van der Waals surface area contributed by atoms with Gasteiger partial charge in [0.2, 0.25) is 11.1 Å². The molecule has 0 spiro atoms. The van der Waals surface area contributed by atoms with Crippen LogP contribution in [0.15, 0.2) is 29.4 Å². The lowest BCUT2D eigenvalue weighted by Gasteiger charge is -2.25. The number of benzene rings is 1. The molecule has 2 heterocycles. The van der Waals surface area contributed by atoms with Crippen LogP contribution in [0.1, 0.15) is 29.3 Å². The molecule has 0 aliphatic carbocycles. The average Bonchev–Trinajstić information content (AvgIpc) is 3.17. The van der Waals surface area contributed by atoms with Crippen LogP contribution < -0.4 is 5.32 Å². The van der Waals surface area contributed by atoms with Gasteiger partial charge in [0.1, 0.15) is 6.04 Å². The van der Waals surface area contributed by atoms with Crippen molar-refractivity contribution < 1.29 is 9.59 Å². The Bertz CT molecular complexity index is 777. The number of nitrogens with one attached hydrogen (secondary N) is 1. The Balaban J connectivity index is 1.54. The van der Waals surface area contributed by atoms with E-state index in [0.29, 0.717) is 36.0 Å². The van der Waals surface area contributed by atoms with Gasteiger partial charge in [-0.2, -0.15) is 0 Å². The monoisotopic (exact) mass is 360 g/mol. The Labute approximate surface area is 150 Å².